The highest BCUT2D eigenvalue weighted by molar-refractivity contribution is 7.19. The van der Waals surface area contributed by atoms with Crippen LogP contribution < -0.4 is 14.8 Å². The molecule has 31 heavy (non-hydrogen) atoms. The van der Waals surface area contributed by atoms with Gasteiger partial charge in [0, 0.05) is 5.56 Å². The number of hydrogen-bond acceptors (Lipinski definition) is 8. The number of halogens is 4. The number of methoxy groups -OCH3 is 2. The molecule has 8 nitrogen and oxygen atoms in total. The average molecular weight is 453 g/mol. The largest absolute Gasteiger partial charge is 0.480 e. The molecule has 3 aromatic rings. The van der Waals surface area contributed by atoms with Crippen molar-refractivity contribution >= 4 is 22.4 Å². The topological polar surface area (TPSA) is 110 Å². The number of alkyl halides is 3. The quantitative estimate of drug-likeness (QED) is 0.584. The summed E-state index contributed by atoms with van der Waals surface area (Å²) in [6.07, 6.45) is -3.86. The second-order valence-corrected chi connectivity index (χ2v) is 6.69. The highest BCUT2D eigenvalue weighted by Crippen LogP contribution is 2.43. The molecular formula is C18H11F4N5O3S. The van der Waals surface area contributed by atoms with Crippen LogP contribution in [-0.4, -0.2) is 35.1 Å². The number of rotatable bonds is 5. The lowest BCUT2D eigenvalue weighted by Gasteiger charge is -2.09. The molecule has 0 spiro atoms. The lowest BCUT2D eigenvalue weighted by molar-refractivity contribution is -0.140. The third-order valence-corrected chi connectivity index (χ3v) is 4.88. The molecule has 0 atom stereocenters. The molecule has 0 saturated heterocycles. The summed E-state index contributed by atoms with van der Waals surface area (Å²) in [5, 5.41) is 10.9. The molecule has 0 radical (unpaired) electrons. The molecular weight excluding hydrogens is 442 g/mol. The van der Waals surface area contributed by atoms with Gasteiger partial charge < -0.3 is 9.47 Å². The molecule has 0 saturated carbocycles. The highest BCUT2D eigenvalue weighted by atomic mass is 32.1. The summed E-state index contributed by atoms with van der Waals surface area (Å²) < 4.78 is 64.6. The summed E-state index contributed by atoms with van der Waals surface area (Å²) in [6.45, 7) is 0. The number of nitriles is 1. The van der Waals surface area contributed by atoms with Gasteiger partial charge in [0.25, 0.3) is 5.91 Å². The Morgan fingerprint density at radius 2 is 1.84 bits per heavy atom. The smallest absolute Gasteiger partial charge is 0.434 e. The third kappa shape index (κ3) is 4.24. The van der Waals surface area contributed by atoms with Crippen LogP contribution in [0.15, 0.2) is 24.5 Å². The number of carbonyl (C=O) groups excluding carboxylic acids is 1. The summed E-state index contributed by atoms with van der Waals surface area (Å²) >= 11 is 0.424. The molecule has 0 unspecified atom stereocenters. The van der Waals surface area contributed by atoms with Crippen LogP contribution in [0.5, 0.6) is 11.8 Å². The van der Waals surface area contributed by atoms with Crippen molar-refractivity contribution in [1.29, 1.82) is 5.26 Å². The van der Waals surface area contributed by atoms with Crippen LogP contribution in [0.25, 0.3) is 10.4 Å². The Kier molecular flexibility index (Phi) is 6.02. The summed E-state index contributed by atoms with van der Waals surface area (Å²) in [7, 11) is 2.46. The summed E-state index contributed by atoms with van der Waals surface area (Å²) in [4.78, 5) is 23.1. The minimum Gasteiger partial charge on any atom is -0.480 e. The van der Waals surface area contributed by atoms with Gasteiger partial charge in [-0.15, -0.1) is 0 Å². The molecule has 0 bridgehead atoms. The van der Waals surface area contributed by atoms with E-state index < -0.39 is 39.2 Å². The van der Waals surface area contributed by atoms with Gasteiger partial charge in [0.1, 0.15) is 18.2 Å². The predicted octanol–water partition coefficient (Wildman–Crippen LogP) is 3.90. The summed E-state index contributed by atoms with van der Waals surface area (Å²) in [6, 6.07) is 4.83. The predicted molar refractivity (Wildman–Crippen MR) is 100 cm³/mol. The zero-order chi connectivity index (χ0) is 22.8. The fourth-order valence-electron chi connectivity index (χ4n) is 2.59. The average Bonchev–Trinajstić information content (AvgIpc) is 3.16. The number of aromatic nitrogens is 3. The third-order valence-electron chi connectivity index (χ3n) is 3.88. The molecule has 0 aliphatic rings. The highest BCUT2D eigenvalue weighted by Gasteiger charge is 2.39. The standard InChI is InChI=1S/C18H11F4N5O3S/c1-29-15-11(16(30-2)25-7-24-15)14(28)27-17-26-13(18(20,21)22)12(31-17)8-4-3-5-10(19)9(8)6-23/h3-5,7H,1-2H3,(H,26,27,28). The van der Waals surface area contributed by atoms with Gasteiger partial charge in [-0.05, 0) is 6.07 Å². The number of benzene rings is 1. The van der Waals surface area contributed by atoms with Gasteiger partial charge in [0.05, 0.1) is 24.7 Å². The Bertz CT molecular complexity index is 1170. The fourth-order valence-corrected chi connectivity index (χ4v) is 3.61. The molecule has 2 aromatic heterocycles. The van der Waals surface area contributed by atoms with Crippen molar-refractivity contribution in [3.63, 3.8) is 0 Å². The van der Waals surface area contributed by atoms with Crippen LogP contribution >= 0.6 is 11.3 Å². The molecule has 1 aromatic carbocycles. The first-order chi connectivity index (χ1) is 14.7. The molecule has 0 aliphatic carbocycles. The van der Waals surface area contributed by atoms with Crippen molar-refractivity contribution in [3.05, 3.63) is 47.2 Å². The van der Waals surface area contributed by atoms with E-state index in [-0.39, 0.29) is 22.9 Å². The van der Waals surface area contributed by atoms with E-state index in [9.17, 15) is 27.6 Å². The van der Waals surface area contributed by atoms with E-state index in [0.29, 0.717) is 11.3 Å². The lowest BCUT2D eigenvalue weighted by Crippen LogP contribution is -2.16. The second-order valence-electron chi connectivity index (χ2n) is 5.69. The molecule has 0 fully saturated rings. The fraction of sp³-hybridized carbons (Fsp3) is 0.167. The number of ether oxygens (including phenoxy) is 2. The maximum atomic E-state index is 13.9. The Hall–Kier alpha value is -3.79. The van der Waals surface area contributed by atoms with E-state index in [2.05, 4.69) is 20.3 Å². The van der Waals surface area contributed by atoms with Crippen LogP contribution in [0.2, 0.25) is 0 Å². The SMILES string of the molecule is COc1ncnc(OC)c1C(=O)Nc1nc(C(F)(F)F)c(-c2cccc(F)c2C#N)s1. The van der Waals surface area contributed by atoms with E-state index in [4.69, 9.17) is 9.47 Å². The van der Waals surface area contributed by atoms with E-state index >= 15 is 0 Å². The Balaban J connectivity index is 2.09. The number of nitrogens with one attached hydrogen (secondary N) is 1. The van der Waals surface area contributed by atoms with Gasteiger partial charge in [-0.3, -0.25) is 10.1 Å². The van der Waals surface area contributed by atoms with Gasteiger partial charge in [-0.2, -0.15) is 18.4 Å². The van der Waals surface area contributed by atoms with Crippen molar-refractivity contribution in [2.24, 2.45) is 0 Å². The number of carbonyl (C=O) groups is 1. The van der Waals surface area contributed by atoms with Crippen molar-refractivity contribution in [3.8, 4) is 28.3 Å². The minimum atomic E-state index is -4.93. The van der Waals surface area contributed by atoms with Crippen LogP contribution in [0.4, 0.5) is 22.7 Å². The first kappa shape index (κ1) is 21.9. The van der Waals surface area contributed by atoms with E-state index in [1.54, 1.807) is 6.07 Å². The molecule has 3 rings (SSSR count). The minimum absolute atomic E-state index is 0.172. The van der Waals surface area contributed by atoms with Gasteiger partial charge >= 0.3 is 6.18 Å². The van der Waals surface area contributed by atoms with Crippen molar-refractivity contribution in [2.45, 2.75) is 6.18 Å². The first-order valence-corrected chi connectivity index (χ1v) is 9.04. The lowest BCUT2D eigenvalue weighted by atomic mass is 10.1. The summed E-state index contributed by atoms with van der Waals surface area (Å²) in [5.41, 5.74) is -2.51. The molecule has 1 N–H and O–H groups in total. The van der Waals surface area contributed by atoms with Crippen LogP contribution in [0, 0.1) is 17.1 Å². The number of hydrogen-bond donors (Lipinski definition) is 1. The van der Waals surface area contributed by atoms with Crippen LogP contribution in [-0.2, 0) is 6.18 Å². The van der Waals surface area contributed by atoms with Crippen molar-refractivity contribution in [2.75, 3.05) is 19.5 Å². The number of thiazole rings is 1. The molecule has 0 aliphatic heterocycles. The normalized spacial score (nSPS) is 11.0. The molecule has 1 amide bonds. The number of amides is 1. The van der Waals surface area contributed by atoms with Crippen molar-refractivity contribution < 1.29 is 31.8 Å². The molecule has 2 heterocycles. The number of anilines is 1. The zero-order valence-corrected chi connectivity index (χ0v) is 16.6. The van der Waals surface area contributed by atoms with Gasteiger partial charge in [0.2, 0.25) is 11.8 Å². The maximum absolute atomic E-state index is 13.9. The van der Waals surface area contributed by atoms with Gasteiger partial charge in [0.15, 0.2) is 16.4 Å². The van der Waals surface area contributed by atoms with E-state index in [1.165, 1.54) is 20.3 Å². The monoisotopic (exact) mass is 453 g/mol. The Morgan fingerprint density at radius 3 is 2.39 bits per heavy atom. The van der Waals surface area contributed by atoms with Crippen LogP contribution in [0.1, 0.15) is 21.6 Å². The Labute approximate surface area is 176 Å². The van der Waals surface area contributed by atoms with Crippen molar-refractivity contribution in [1.82, 2.24) is 15.0 Å². The zero-order valence-electron chi connectivity index (χ0n) is 15.7. The maximum Gasteiger partial charge on any atom is 0.434 e. The van der Waals surface area contributed by atoms with Crippen LogP contribution in [0.3, 0.4) is 0 Å². The van der Waals surface area contributed by atoms with Gasteiger partial charge in [-0.1, -0.05) is 23.5 Å². The van der Waals surface area contributed by atoms with Gasteiger partial charge in [-0.25, -0.2) is 19.3 Å². The van der Waals surface area contributed by atoms with E-state index in [1.807, 2.05) is 0 Å². The van der Waals surface area contributed by atoms with E-state index in [0.717, 1.165) is 18.5 Å². The first-order valence-electron chi connectivity index (χ1n) is 8.22. The summed E-state index contributed by atoms with van der Waals surface area (Å²) in [5.74, 6) is -2.27. The second kappa shape index (κ2) is 8.52. The molecule has 160 valence electrons. The Morgan fingerprint density at radius 1 is 1.19 bits per heavy atom. The molecule has 13 heteroatoms. The number of nitrogens with zero attached hydrogens (tertiary/aromatic N) is 4.